The van der Waals surface area contributed by atoms with Crippen LogP contribution in [-0.4, -0.2) is 32.5 Å². The molecular weight excluding hydrogens is 360 g/mol. The molecule has 8 nitrogen and oxygen atoms in total. The van der Waals surface area contributed by atoms with E-state index in [-0.39, 0.29) is 22.4 Å². The lowest BCUT2D eigenvalue weighted by atomic mass is 9.90. The van der Waals surface area contributed by atoms with Crippen molar-refractivity contribution in [2.24, 2.45) is 0 Å². The molecule has 4 rings (SSSR count). The molecule has 0 saturated carbocycles. The first-order valence-corrected chi connectivity index (χ1v) is 9.55. The molecule has 9 heteroatoms. The monoisotopic (exact) mass is 376 g/mol. The van der Waals surface area contributed by atoms with E-state index in [4.69, 9.17) is 8.92 Å². The maximum Gasteiger partial charge on any atom is 0.339 e. The van der Waals surface area contributed by atoms with Crippen molar-refractivity contribution in [3.63, 3.8) is 0 Å². The summed E-state index contributed by atoms with van der Waals surface area (Å²) in [4.78, 5) is 9.93. The number of non-ortho nitro benzene ring substituents is 1. The van der Waals surface area contributed by atoms with Crippen molar-refractivity contribution >= 4 is 15.8 Å². The largest absolute Gasteiger partial charge is 0.488 e. The zero-order valence-electron chi connectivity index (χ0n) is 13.6. The standard InChI is InChI=1S/C17H16N2O6S/c20-19(21)11-1-4-13(5-2-11)26(22,23)25-12-3-6-14-15-7-8-18-10-17(15)24-16(14)9-12/h1-6,9,15,17-18H,7-8,10H2. The van der Waals surface area contributed by atoms with Crippen LogP contribution in [0.2, 0.25) is 0 Å². The van der Waals surface area contributed by atoms with Crippen LogP contribution >= 0.6 is 0 Å². The highest BCUT2D eigenvalue weighted by Crippen LogP contribution is 2.43. The van der Waals surface area contributed by atoms with Gasteiger partial charge in [0.2, 0.25) is 0 Å². The number of rotatable bonds is 4. The molecule has 136 valence electrons. The predicted octanol–water partition coefficient (Wildman–Crippen LogP) is 2.20. The third kappa shape index (κ3) is 2.99. The lowest BCUT2D eigenvalue weighted by molar-refractivity contribution is -0.384. The van der Waals surface area contributed by atoms with E-state index in [2.05, 4.69) is 5.32 Å². The van der Waals surface area contributed by atoms with Gasteiger partial charge in [-0.05, 0) is 31.2 Å². The highest BCUT2D eigenvalue weighted by atomic mass is 32.2. The summed E-state index contributed by atoms with van der Waals surface area (Å²) in [6.07, 6.45) is 1.03. The second-order valence-corrected chi connectivity index (χ2v) is 7.79. The van der Waals surface area contributed by atoms with Gasteiger partial charge in [0.25, 0.3) is 5.69 Å². The molecule has 2 heterocycles. The Morgan fingerprint density at radius 3 is 2.69 bits per heavy atom. The van der Waals surface area contributed by atoms with Crippen molar-refractivity contribution in [2.75, 3.05) is 13.1 Å². The van der Waals surface area contributed by atoms with Crippen LogP contribution in [0.25, 0.3) is 0 Å². The van der Waals surface area contributed by atoms with Crippen LogP contribution < -0.4 is 14.2 Å². The fourth-order valence-corrected chi connectivity index (χ4v) is 4.28. The first-order valence-electron chi connectivity index (χ1n) is 8.14. The van der Waals surface area contributed by atoms with Gasteiger partial charge in [0.05, 0.1) is 4.92 Å². The van der Waals surface area contributed by atoms with Crippen LogP contribution in [0.3, 0.4) is 0 Å². The van der Waals surface area contributed by atoms with Gasteiger partial charge < -0.3 is 14.2 Å². The predicted molar refractivity (Wildman–Crippen MR) is 92.0 cm³/mol. The van der Waals surface area contributed by atoms with Crippen LogP contribution in [0.5, 0.6) is 11.5 Å². The molecule has 1 saturated heterocycles. The minimum Gasteiger partial charge on any atom is -0.488 e. The Morgan fingerprint density at radius 2 is 1.96 bits per heavy atom. The molecule has 2 aliphatic rings. The molecule has 1 N–H and O–H groups in total. The zero-order valence-corrected chi connectivity index (χ0v) is 14.4. The Kier molecular flexibility index (Phi) is 4.04. The number of nitrogens with zero attached hydrogens (tertiary/aromatic N) is 1. The van der Waals surface area contributed by atoms with Gasteiger partial charge in [0.1, 0.15) is 22.5 Å². The molecule has 1 fully saturated rings. The molecule has 0 aromatic heterocycles. The summed E-state index contributed by atoms with van der Waals surface area (Å²) >= 11 is 0. The van der Waals surface area contributed by atoms with Crippen molar-refractivity contribution in [3.8, 4) is 11.5 Å². The van der Waals surface area contributed by atoms with Crippen molar-refractivity contribution in [1.82, 2.24) is 5.32 Å². The summed E-state index contributed by atoms with van der Waals surface area (Å²) in [5.74, 6) is 1.10. The van der Waals surface area contributed by atoms with E-state index in [0.717, 1.165) is 49.3 Å². The van der Waals surface area contributed by atoms with E-state index in [1.165, 1.54) is 0 Å². The third-order valence-electron chi connectivity index (χ3n) is 4.63. The Bertz CT molecular complexity index is 958. The summed E-state index contributed by atoms with van der Waals surface area (Å²) in [6.45, 7) is 1.69. The summed E-state index contributed by atoms with van der Waals surface area (Å²) in [5.41, 5.74) is 0.877. The van der Waals surface area contributed by atoms with Gasteiger partial charge in [-0.15, -0.1) is 0 Å². The molecule has 2 atom stereocenters. The molecule has 2 aromatic carbocycles. The summed E-state index contributed by atoms with van der Waals surface area (Å²) in [7, 11) is -4.09. The Balaban J connectivity index is 1.56. The van der Waals surface area contributed by atoms with E-state index in [9.17, 15) is 18.5 Å². The van der Waals surface area contributed by atoms with Crippen molar-refractivity contribution < 1.29 is 22.3 Å². The molecular formula is C17H16N2O6S. The van der Waals surface area contributed by atoms with Gasteiger partial charge >= 0.3 is 10.1 Å². The van der Waals surface area contributed by atoms with Gasteiger partial charge in [-0.25, -0.2) is 0 Å². The SMILES string of the molecule is O=[N+]([O-])c1ccc(S(=O)(=O)Oc2ccc3c(c2)OC2CNCCC32)cc1. The zero-order chi connectivity index (χ0) is 18.3. The van der Waals surface area contributed by atoms with Crippen LogP contribution in [0.1, 0.15) is 17.9 Å². The first-order chi connectivity index (χ1) is 12.4. The number of benzene rings is 2. The highest BCUT2D eigenvalue weighted by Gasteiger charge is 2.36. The van der Waals surface area contributed by atoms with E-state index in [0.29, 0.717) is 11.7 Å². The number of hydrogen-bond donors (Lipinski definition) is 1. The van der Waals surface area contributed by atoms with Gasteiger partial charge in [-0.3, -0.25) is 10.1 Å². The number of fused-ring (bicyclic) bond motifs is 3. The number of nitro groups is 1. The van der Waals surface area contributed by atoms with Crippen LogP contribution in [0.15, 0.2) is 47.4 Å². The lowest BCUT2D eigenvalue weighted by Gasteiger charge is -2.24. The Morgan fingerprint density at radius 1 is 1.19 bits per heavy atom. The topological polar surface area (TPSA) is 108 Å². The lowest BCUT2D eigenvalue weighted by Crippen LogP contribution is -2.39. The second kappa shape index (κ2) is 6.26. The molecule has 2 unspecified atom stereocenters. The van der Waals surface area contributed by atoms with Gasteiger partial charge in [0.15, 0.2) is 0 Å². The average Bonchev–Trinajstić information content (AvgIpc) is 2.99. The fraction of sp³-hybridized carbons (Fsp3) is 0.294. The highest BCUT2D eigenvalue weighted by molar-refractivity contribution is 7.87. The molecule has 26 heavy (non-hydrogen) atoms. The van der Waals surface area contributed by atoms with Gasteiger partial charge in [-0.2, -0.15) is 8.42 Å². The van der Waals surface area contributed by atoms with Crippen molar-refractivity contribution in [2.45, 2.75) is 23.3 Å². The molecule has 0 spiro atoms. The number of hydrogen-bond acceptors (Lipinski definition) is 7. The van der Waals surface area contributed by atoms with Crippen molar-refractivity contribution in [1.29, 1.82) is 0 Å². The van der Waals surface area contributed by atoms with Crippen LogP contribution in [0, 0.1) is 10.1 Å². The molecule has 0 bridgehead atoms. The van der Waals surface area contributed by atoms with Gasteiger partial charge in [0, 0.05) is 36.2 Å². The Labute approximate surface area is 150 Å². The maximum atomic E-state index is 12.4. The molecule has 0 aliphatic carbocycles. The number of ether oxygens (including phenoxy) is 1. The van der Waals surface area contributed by atoms with Gasteiger partial charge in [-0.1, -0.05) is 6.07 Å². The molecule has 2 aromatic rings. The number of nitro benzene ring substituents is 1. The maximum absolute atomic E-state index is 12.4. The molecule has 0 amide bonds. The summed E-state index contributed by atoms with van der Waals surface area (Å²) in [6, 6.07) is 9.58. The fourth-order valence-electron chi connectivity index (χ4n) is 3.36. The normalized spacial score (nSPS) is 21.4. The first kappa shape index (κ1) is 16.8. The number of nitrogens with one attached hydrogen (secondary N) is 1. The minimum atomic E-state index is -4.09. The second-order valence-electron chi connectivity index (χ2n) is 6.24. The molecule has 2 aliphatic heterocycles. The summed E-state index contributed by atoms with van der Waals surface area (Å²) in [5, 5.41) is 14.0. The quantitative estimate of drug-likeness (QED) is 0.495. The van der Waals surface area contributed by atoms with E-state index in [1.807, 2.05) is 6.07 Å². The van der Waals surface area contributed by atoms with Crippen LogP contribution in [0.4, 0.5) is 5.69 Å². The third-order valence-corrected chi connectivity index (χ3v) is 5.89. The molecule has 0 radical (unpaired) electrons. The Hall–Kier alpha value is -2.65. The van der Waals surface area contributed by atoms with Crippen LogP contribution in [-0.2, 0) is 10.1 Å². The summed E-state index contributed by atoms with van der Waals surface area (Å²) < 4.78 is 35.9. The van der Waals surface area contributed by atoms with E-state index >= 15 is 0 Å². The average molecular weight is 376 g/mol. The minimum absolute atomic E-state index is 0.0558. The number of piperidine rings is 1. The van der Waals surface area contributed by atoms with E-state index < -0.39 is 15.0 Å². The van der Waals surface area contributed by atoms with Crippen molar-refractivity contribution in [3.05, 3.63) is 58.1 Å². The smallest absolute Gasteiger partial charge is 0.339 e. The van der Waals surface area contributed by atoms with E-state index in [1.54, 1.807) is 12.1 Å².